The number of nitrogens with zero attached hydrogens (tertiary/aromatic N) is 3. The molecule has 0 fully saturated rings. The van der Waals surface area contributed by atoms with Crippen LogP contribution in [0.25, 0.3) is 0 Å². The molecule has 0 bridgehead atoms. The zero-order valence-corrected chi connectivity index (χ0v) is 8.20. The Kier molecular flexibility index (Phi) is 2.70. The summed E-state index contributed by atoms with van der Waals surface area (Å²) in [5, 5.41) is 15.8. The molecule has 8 heteroatoms. The van der Waals surface area contributed by atoms with Crippen LogP contribution in [0.1, 0.15) is 0 Å². The lowest BCUT2D eigenvalue weighted by molar-refractivity contribution is -0.385. The predicted octanol–water partition coefficient (Wildman–Crippen LogP) is 0.397. The minimum Gasteiger partial charge on any atom is -0.369 e. The number of hydrogen-bond donors (Lipinski definition) is 1. The fraction of sp³-hybridized carbons (Fsp3) is 0.333. The van der Waals surface area contributed by atoms with Gasteiger partial charge in [-0.1, -0.05) is 11.6 Å². The van der Waals surface area contributed by atoms with Crippen LogP contribution in [0.5, 0.6) is 0 Å². The van der Waals surface area contributed by atoms with Crippen molar-refractivity contribution in [3.8, 4) is 0 Å². The van der Waals surface area contributed by atoms with Crippen LogP contribution in [0, 0.1) is 10.1 Å². The van der Waals surface area contributed by atoms with Crippen LogP contribution in [-0.4, -0.2) is 29.2 Å². The second kappa shape index (κ2) is 3.62. The average Bonchev–Trinajstić information content (AvgIpc) is 2.07. The molecule has 0 aliphatic carbocycles. The molecule has 0 amide bonds. The largest absolute Gasteiger partial charge is 0.369 e. The number of H-pyrrole nitrogens is 1. The van der Waals surface area contributed by atoms with Gasteiger partial charge in [0.15, 0.2) is 10.8 Å². The van der Waals surface area contributed by atoms with E-state index in [1.165, 1.54) is 19.0 Å². The second-order valence-corrected chi connectivity index (χ2v) is 3.05. The van der Waals surface area contributed by atoms with Gasteiger partial charge in [0, 0.05) is 14.1 Å². The number of nitro groups is 1. The Labute approximate surface area is 83.4 Å². The summed E-state index contributed by atoms with van der Waals surface area (Å²) in [5.74, 6) is 0. The number of nitrogens with one attached hydrogen (secondary N) is 1. The number of anilines is 1. The molecular formula is C6H7ClN4O3. The highest BCUT2D eigenvalue weighted by molar-refractivity contribution is 6.32. The first-order valence-electron chi connectivity index (χ1n) is 3.55. The van der Waals surface area contributed by atoms with Gasteiger partial charge >= 0.3 is 11.2 Å². The second-order valence-electron chi connectivity index (χ2n) is 2.69. The van der Waals surface area contributed by atoms with Crippen molar-refractivity contribution < 1.29 is 4.92 Å². The molecule has 0 aliphatic heterocycles. The third-order valence-corrected chi connectivity index (χ3v) is 1.78. The smallest absolute Gasteiger partial charge is 0.361 e. The van der Waals surface area contributed by atoms with Gasteiger partial charge < -0.3 is 4.90 Å². The van der Waals surface area contributed by atoms with Gasteiger partial charge in [0.2, 0.25) is 0 Å². The van der Waals surface area contributed by atoms with Crippen molar-refractivity contribution in [3.63, 3.8) is 0 Å². The summed E-state index contributed by atoms with van der Waals surface area (Å²) in [6.07, 6.45) is 0. The van der Waals surface area contributed by atoms with Crippen LogP contribution >= 0.6 is 11.6 Å². The van der Waals surface area contributed by atoms with E-state index < -0.39 is 16.2 Å². The lowest BCUT2D eigenvalue weighted by Crippen LogP contribution is -2.20. The van der Waals surface area contributed by atoms with Gasteiger partial charge in [0.1, 0.15) is 0 Å². The summed E-state index contributed by atoms with van der Waals surface area (Å²) in [6.45, 7) is 0. The number of rotatable bonds is 2. The molecule has 0 spiro atoms. The van der Waals surface area contributed by atoms with E-state index in [0.717, 1.165) is 0 Å². The SMILES string of the molecule is CN(C)c1c(Cl)n[nH]c(=O)c1[N+](=O)[O-]. The van der Waals surface area contributed by atoms with E-state index in [1.54, 1.807) is 0 Å². The van der Waals surface area contributed by atoms with Crippen molar-refractivity contribution in [1.29, 1.82) is 0 Å². The zero-order valence-electron chi connectivity index (χ0n) is 7.44. The standard InChI is InChI=1S/C6H7ClN4O3/c1-10(2)3-4(11(13)14)6(12)9-8-5(3)7/h1-2H3,(H,9,12). The van der Waals surface area contributed by atoms with Crippen molar-refractivity contribution in [2.45, 2.75) is 0 Å². The number of aromatic amines is 1. The summed E-state index contributed by atoms with van der Waals surface area (Å²) in [5.41, 5.74) is -1.47. The van der Waals surface area contributed by atoms with E-state index in [0.29, 0.717) is 0 Å². The summed E-state index contributed by atoms with van der Waals surface area (Å²) >= 11 is 5.61. The first kappa shape index (κ1) is 10.5. The molecule has 1 heterocycles. The summed E-state index contributed by atoms with van der Waals surface area (Å²) in [6, 6.07) is 0. The zero-order chi connectivity index (χ0) is 10.9. The minimum absolute atomic E-state index is 0.000386. The van der Waals surface area contributed by atoms with Gasteiger partial charge in [0.05, 0.1) is 4.92 Å². The van der Waals surface area contributed by atoms with E-state index >= 15 is 0 Å². The Morgan fingerprint density at radius 2 is 2.14 bits per heavy atom. The lowest BCUT2D eigenvalue weighted by atomic mass is 10.4. The van der Waals surface area contributed by atoms with E-state index in [9.17, 15) is 14.9 Å². The molecule has 1 N–H and O–H groups in total. The maximum Gasteiger partial charge on any atom is 0.361 e. The quantitative estimate of drug-likeness (QED) is 0.573. The van der Waals surface area contributed by atoms with Crippen LogP contribution in [0.15, 0.2) is 4.79 Å². The molecule has 1 aromatic heterocycles. The molecular weight excluding hydrogens is 212 g/mol. The van der Waals surface area contributed by atoms with Crippen molar-refractivity contribution in [2.24, 2.45) is 0 Å². The topological polar surface area (TPSA) is 92.1 Å². The molecule has 7 nitrogen and oxygen atoms in total. The first-order chi connectivity index (χ1) is 6.45. The van der Waals surface area contributed by atoms with E-state index in [2.05, 4.69) is 5.10 Å². The predicted molar refractivity (Wildman–Crippen MR) is 50.8 cm³/mol. The van der Waals surface area contributed by atoms with Crippen molar-refractivity contribution in [2.75, 3.05) is 19.0 Å². The number of aromatic nitrogens is 2. The van der Waals surface area contributed by atoms with Crippen LogP contribution in [-0.2, 0) is 0 Å². The Balaban J connectivity index is 3.58. The van der Waals surface area contributed by atoms with Crippen molar-refractivity contribution >= 4 is 23.0 Å². The maximum atomic E-state index is 11.1. The van der Waals surface area contributed by atoms with Gasteiger partial charge in [-0.25, -0.2) is 5.10 Å². The Bertz CT molecular complexity index is 428. The van der Waals surface area contributed by atoms with Gasteiger partial charge in [0.25, 0.3) is 0 Å². The fourth-order valence-corrected chi connectivity index (χ4v) is 1.28. The van der Waals surface area contributed by atoms with Gasteiger partial charge in [-0.05, 0) is 0 Å². The monoisotopic (exact) mass is 218 g/mol. The molecule has 0 saturated carbocycles. The fourth-order valence-electron chi connectivity index (χ4n) is 0.977. The van der Waals surface area contributed by atoms with Crippen LogP contribution < -0.4 is 10.5 Å². The van der Waals surface area contributed by atoms with Gasteiger partial charge in [-0.3, -0.25) is 14.9 Å². The third kappa shape index (κ3) is 1.67. The van der Waals surface area contributed by atoms with E-state index in [-0.39, 0.29) is 10.8 Å². The molecule has 0 unspecified atom stereocenters. The van der Waals surface area contributed by atoms with Crippen molar-refractivity contribution in [1.82, 2.24) is 10.2 Å². The average molecular weight is 219 g/mol. The molecule has 0 atom stereocenters. The molecule has 0 radical (unpaired) electrons. The Morgan fingerprint density at radius 1 is 1.57 bits per heavy atom. The molecule has 1 aromatic rings. The molecule has 0 aliphatic rings. The molecule has 14 heavy (non-hydrogen) atoms. The van der Waals surface area contributed by atoms with Gasteiger partial charge in [-0.2, -0.15) is 5.10 Å². The summed E-state index contributed by atoms with van der Waals surface area (Å²) < 4.78 is 0. The third-order valence-electron chi connectivity index (χ3n) is 1.52. The Hall–Kier alpha value is -1.63. The number of hydrogen-bond acceptors (Lipinski definition) is 5. The molecule has 0 saturated heterocycles. The highest BCUT2D eigenvalue weighted by atomic mass is 35.5. The Morgan fingerprint density at radius 3 is 2.50 bits per heavy atom. The van der Waals surface area contributed by atoms with Crippen LogP contribution in [0.4, 0.5) is 11.4 Å². The normalized spacial score (nSPS) is 9.93. The highest BCUT2D eigenvalue weighted by Gasteiger charge is 2.24. The van der Waals surface area contributed by atoms with Crippen LogP contribution in [0.2, 0.25) is 5.15 Å². The number of halogens is 1. The summed E-state index contributed by atoms with van der Waals surface area (Å²) in [4.78, 5) is 22.2. The van der Waals surface area contributed by atoms with Crippen LogP contribution in [0.3, 0.4) is 0 Å². The van der Waals surface area contributed by atoms with E-state index in [4.69, 9.17) is 11.6 Å². The highest BCUT2D eigenvalue weighted by Crippen LogP contribution is 2.28. The van der Waals surface area contributed by atoms with E-state index in [1.807, 2.05) is 5.10 Å². The lowest BCUT2D eigenvalue weighted by Gasteiger charge is -2.11. The maximum absolute atomic E-state index is 11.1. The minimum atomic E-state index is -0.872. The molecule has 0 aromatic carbocycles. The summed E-state index contributed by atoms with van der Waals surface area (Å²) in [7, 11) is 3.07. The molecule has 1 rings (SSSR count). The van der Waals surface area contributed by atoms with Crippen molar-refractivity contribution in [3.05, 3.63) is 25.6 Å². The van der Waals surface area contributed by atoms with Gasteiger partial charge in [-0.15, -0.1) is 0 Å². The molecule has 76 valence electrons. The first-order valence-corrected chi connectivity index (χ1v) is 3.93.